The van der Waals surface area contributed by atoms with Crippen molar-refractivity contribution in [3.05, 3.63) is 28.8 Å². The summed E-state index contributed by atoms with van der Waals surface area (Å²) >= 11 is 0. The van der Waals surface area contributed by atoms with E-state index < -0.39 is 0 Å². The van der Waals surface area contributed by atoms with E-state index in [0.717, 1.165) is 25.1 Å². The van der Waals surface area contributed by atoms with Gasteiger partial charge in [0.25, 0.3) is 0 Å². The molecular formula is C13H17NO. The van der Waals surface area contributed by atoms with Gasteiger partial charge in [-0.1, -0.05) is 6.07 Å². The van der Waals surface area contributed by atoms with Crippen molar-refractivity contribution in [3.8, 4) is 0 Å². The lowest BCUT2D eigenvalue weighted by Gasteiger charge is -2.30. The number of fused-ring (bicyclic) bond motifs is 1. The van der Waals surface area contributed by atoms with Crippen molar-refractivity contribution >= 4 is 11.6 Å². The fraction of sp³-hybridized carbons (Fsp3) is 0.462. The summed E-state index contributed by atoms with van der Waals surface area (Å²) in [5.41, 5.74) is 5.03. The third kappa shape index (κ3) is 1.76. The number of hydrogen-bond donors (Lipinski definition) is 0. The van der Waals surface area contributed by atoms with Gasteiger partial charge in [0.2, 0.25) is 5.91 Å². The van der Waals surface area contributed by atoms with E-state index in [4.69, 9.17) is 0 Å². The highest BCUT2D eigenvalue weighted by atomic mass is 16.2. The second-order valence-electron chi connectivity index (χ2n) is 4.35. The lowest BCUT2D eigenvalue weighted by Crippen LogP contribution is -2.33. The van der Waals surface area contributed by atoms with Gasteiger partial charge in [0.1, 0.15) is 0 Å². The summed E-state index contributed by atoms with van der Waals surface area (Å²) in [4.78, 5) is 13.4. The molecule has 0 radical (unpaired) electrons. The van der Waals surface area contributed by atoms with Crippen LogP contribution in [0.2, 0.25) is 0 Å². The fourth-order valence-corrected chi connectivity index (χ4v) is 2.40. The van der Waals surface area contributed by atoms with Crippen LogP contribution in [-0.2, 0) is 11.2 Å². The van der Waals surface area contributed by atoms with Crippen LogP contribution in [0, 0.1) is 13.8 Å². The van der Waals surface area contributed by atoms with E-state index in [9.17, 15) is 4.79 Å². The average Bonchev–Trinajstić information content (AvgIpc) is 2.16. The largest absolute Gasteiger partial charge is 0.312 e. The Morgan fingerprint density at radius 3 is 2.73 bits per heavy atom. The lowest BCUT2D eigenvalue weighted by molar-refractivity contribution is -0.116. The number of nitrogens with zero attached hydrogens (tertiary/aromatic N) is 1. The quantitative estimate of drug-likeness (QED) is 0.634. The first-order valence-corrected chi connectivity index (χ1v) is 5.48. The summed E-state index contributed by atoms with van der Waals surface area (Å²) < 4.78 is 0. The molecule has 0 saturated heterocycles. The summed E-state index contributed by atoms with van der Waals surface area (Å²) in [6.45, 7) is 6.73. The maximum atomic E-state index is 11.5. The molecule has 0 atom stereocenters. The van der Waals surface area contributed by atoms with Crippen molar-refractivity contribution in [1.29, 1.82) is 0 Å². The molecule has 2 rings (SSSR count). The molecule has 2 nitrogen and oxygen atoms in total. The summed E-state index contributed by atoms with van der Waals surface area (Å²) in [5, 5.41) is 0. The Morgan fingerprint density at radius 1 is 1.33 bits per heavy atom. The molecule has 0 aromatic heterocycles. The topological polar surface area (TPSA) is 20.3 Å². The van der Waals surface area contributed by atoms with Crippen LogP contribution >= 0.6 is 0 Å². The number of hydrogen-bond acceptors (Lipinski definition) is 1. The van der Waals surface area contributed by atoms with Crippen LogP contribution in [-0.4, -0.2) is 12.5 Å². The molecule has 0 unspecified atom stereocenters. The second-order valence-corrected chi connectivity index (χ2v) is 4.35. The standard InChI is InChI=1S/C13H17NO/c1-9-7-10(2)12-5-4-6-14(11(3)15)13(12)8-9/h7-8H,4-6H2,1-3H3. The van der Waals surface area contributed by atoms with Gasteiger partial charge >= 0.3 is 0 Å². The number of aryl methyl sites for hydroxylation is 2. The normalized spacial score (nSPS) is 15.0. The molecule has 0 saturated carbocycles. The smallest absolute Gasteiger partial charge is 0.223 e. The minimum Gasteiger partial charge on any atom is -0.312 e. The van der Waals surface area contributed by atoms with Crippen molar-refractivity contribution in [2.45, 2.75) is 33.6 Å². The molecule has 1 aromatic carbocycles. The Bertz CT molecular complexity index is 409. The maximum absolute atomic E-state index is 11.5. The first-order valence-electron chi connectivity index (χ1n) is 5.48. The Labute approximate surface area is 90.9 Å². The molecule has 1 heterocycles. The zero-order chi connectivity index (χ0) is 11.0. The molecule has 0 fully saturated rings. The minimum absolute atomic E-state index is 0.154. The van der Waals surface area contributed by atoms with Gasteiger partial charge in [-0.05, 0) is 49.4 Å². The number of anilines is 1. The predicted molar refractivity (Wildman–Crippen MR) is 62.3 cm³/mol. The van der Waals surface area contributed by atoms with Crippen molar-refractivity contribution in [1.82, 2.24) is 0 Å². The number of amides is 1. The highest BCUT2D eigenvalue weighted by molar-refractivity contribution is 5.93. The van der Waals surface area contributed by atoms with Crippen molar-refractivity contribution < 1.29 is 4.79 Å². The first-order chi connectivity index (χ1) is 7.09. The average molecular weight is 203 g/mol. The van der Waals surface area contributed by atoms with Crippen LogP contribution in [0.3, 0.4) is 0 Å². The maximum Gasteiger partial charge on any atom is 0.223 e. The molecule has 15 heavy (non-hydrogen) atoms. The Balaban J connectivity index is 2.55. The number of benzene rings is 1. The number of rotatable bonds is 0. The molecule has 0 spiro atoms. The van der Waals surface area contributed by atoms with Crippen molar-refractivity contribution in [2.24, 2.45) is 0 Å². The molecule has 1 aromatic rings. The van der Waals surface area contributed by atoms with E-state index in [1.165, 1.54) is 16.7 Å². The highest BCUT2D eigenvalue weighted by Gasteiger charge is 2.21. The van der Waals surface area contributed by atoms with Gasteiger partial charge in [-0.15, -0.1) is 0 Å². The first kappa shape index (κ1) is 10.2. The van der Waals surface area contributed by atoms with Crippen LogP contribution in [0.25, 0.3) is 0 Å². The third-order valence-electron chi connectivity index (χ3n) is 3.07. The van der Waals surface area contributed by atoms with Crippen LogP contribution in [0.5, 0.6) is 0 Å². The minimum atomic E-state index is 0.154. The Hall–Kier alpha value is -1.31. The molecule has 1 amide bonds. The predicted octanol–water partition coefficient (Wildman–Crippen LogP) is 2.60. The molecule has 0 bridgehead atoms. The summed E-state index contributed by atoms with van der Waals surface area (Å²) in [7, 11) is 0. The van der Waals surface area contributed by atoms with Crippen LogP contribution in [0.4, 0.5) is 5.69 Å². The van der Waals surface area contributed by atoms with E-state index in [2.05, 4.69) is 26.0 Å². The molecule has 0 aliphatic carbocycles. The van der Waals surface area contributed by atoms with Gasteiger partial charge in [-0.25, -0.2) is 0 Å². The van der Waals surface area contributed by atoms with E-state index in [-0.39, 0.29) is 5.91 Å². The molecule has 1 aliphatic rings. The van der Waals surface area contributed by atoms with E-state index in [1.54, 1.807) is 6.92 Å². The van der Waals surface area contributed by atoms with Crippen molar-refractivity contribution in [3.63, 3.8) is 0 Å². The van der Waals surface area contributed by atoms with Crippen LogP contribution in [0.1, 0.15) is 30.0 Å². The third-order valence-corrected chi connectivity index (χ3v) is 3.07. The molecular weight excluding hydrogens is 186 g/mol. The monoisotopic (exact) mass is 203 g/mol. The fourth-order valence-electron chi connectivity index (χ4n) is 2.40. The van der Waals surface area contributed by atoms with Gasteiger partial charge in [0.15, 0.2) is 0 Å². The van der Waals surface area contributed by atoms with Gasteiger partial charge < -0.3 is 4.90 Å². The molecule has 1 aliphatic heterocycles. The van der Waals surface area contributed by atoms with Crippen LogP contribution in [0.15, 0.2) is 12.1 Å². The van der Waals surface area contributed by atoms with E-state index in [0.29, 0.717) is 0 Å². The van der Waals surface area contributed by atoms with Crippen LogP contribution < -0.4 is 4.90 Å². The summed E-state index contributed by atoms with van der Waals surface area (Å²) in [6.07, 6.45) is 2.18. The molecule has 2 heteroatoms. The summed E-state index contributed by atoms with van der Waals surface area (Å²) in [5.74, 6) is 0.154. The Morgan fingerprint density at radius 2 is 2.07 bits per heavy atom. The number of carbonyl (C=O) groups is 1. The summed E-state index contributed by atoms with van der Waals surface area (Å²) in [6, 6.07) is 4.32. The van der Waals surface area contributed by atoms with Gasteiger partial charge in [0.05, 0.1) is 0 Å². The molecule has 80 valence electrons. The zero-order valence-electron chi connectivity index (χ0n) is 9.63. The SMILES string of the molecule is CC(=O)N1CCCc2c(C)cc(C)cc21. The Kier molecular flexibility index (Phi) is 2.51. The van der Waals surface area contributed by atoms with Gasteiger partial charge in [-0.2, -0.15) is 0 Å². The second kappa shape index (κ2) is 3.69. The lowest BCUT2D eigenvalue weighted by atomic mass is 9.95. The highest BCUT2D eigenvalue weighted by Crippen LogP contribution is 2.30. The van der Waals surface area contributed by atoms with Gasteiger partial charge in [0, 0.05) is 19.2 Å². The zero-order valence-corrected chi connectivity index (χ0v) is 9.63. The number of carbonyl (C=O) groups excluding carboxylic acids is 1. The van der Waals surface area contributed by atoms with E-state index in [1.807, 2.05) is 4.90 Å². The van der Waals surface area contributed by atoms with Crippen molar-refractivity contribution in [2.75, 3.05) is 11.4 Å². The molecule has 0 N–H and O–H groups in total. The van der Waals surface area contributed by atoms with E-state index >= 15 is 0 Å². The van der Waals surface area contributed by atoms with Gasteiger partial charge in [-0.3, -0.25) is 4.79 Å².